The Balaban J connectivity index is 1.42. The van der Waals surface area contributed by atoms with Gasteiger partial charge in [0, 0.05) is 44.6 Å². The van der Waals surface area contributed by atoms with Crippen LogP contribution in [0.25, 0.3) is 11.3 Å². The number of piperidine rings is 1. The number of likely N-dealkylation sites (tertiary alicyclic amines) is 1. The predicted molar refractivity (Wildman–Crippen MR) is 116 cm³/mol. The van der Waals surface area contributed by atoms with Crippen LogP contribution in [-0.4, -0.2) is 43.8 Å². The monoisotopic (exact) mass is 405 g/mol. The first-order valence-corrected chi connectivity index (χ1v) is 10.3. The molecule has 30 heavy (non-hydrogen) atoms. The molecule has 3 aromatic rings. The summed E-state index contributed by atoms with van der Waals surface area (Å²) in [4.78, 5) is 23.2. The maximum absolute atomic E-state index is 12.3. The highest BCUT2D eigenvalue weighted by molar-refractivity contribution is 5.74. The fourth-order valence-electron chi connectivity index (χ4n) is 3.63. The number of carbonyl (C=O) groups excluding carboxylic acids is 1. The number of benzene rings is 1. The van der Waals surface area contributed by atoms with Gasteiger partial charge in [-0.05, 0) is 49.4 Å². The molecule has 1 aromatic carbocycles. The zero-order valence-corrected chi connectivity index (χ0v) is 17.4. The van der Waals surface area contributed by atoms with Gasteiger partial charge in [-0.1, -0.05) is 12.1 Å². The number of amides is 2. The lowest BCUT2D eigenvalue weighted by Crippen LogP contribution is -2.42. The Hall–Kier alpha value is -3.42. The normalized spacial score (nSPS) is 13.9. The van der Waals surface area contributed by atoms with Gasteiger partial charge in [0.25, 0.3) is 0 Å². The Bertz CT molecular complexity index is 1020. The number of hydrogen-bond acceptors (Lipinski definition) is 5. The van der Waals surface area contributed by atoms with Crippen LogP contribution in [0.5, 0.6) is 0 Å². The summed E-state index contributed by atoms with van der Waals surface area (Å²) in [6, 6.07) is 8.10. The van der Waals surface area contributed by atoms with Crippen LogP contribution in [0.4, 0.5) is 16.4 Å². The molecule has 0 bridgehead atoms. The molecule has 2 amide bonds. The molecule has 8 nitrogen and oxygen atoms in total. The van der Waals surface area contributed by atoms with Gasteiger partial charge in [0.05, 0.1) is 17.6 Å². The van der Waals surface area contributed by atoms with Crippen molar-refractivity contribution >= 4 is 17.7 Å². The van der Waals surface area contributed by atoms with Crippen molar-refractivity contribution in [3.05, 3.63) is 54.0 Å². The van der Waals surface area contributed by atoms with Crippen LogP contribution >= 0.6 is 0 Å². The van der Waals surface area contributed by atoms with E-state index >= 15 is 0 Å². The Morgan fingerprint density at radius 3 is 2.73 bits per heavy atom. The van der Waals surface area contributed by atoms with E-state index in [1.807, 2.05) is 30.3 Å². The summed E-state index contributed by atoms with van der Waals surface area (Å²) in [5, 5.41) is 10.4. The van der Waals surface area contributed by atoms with E-state index in [4.69, 9.17) is 0 Å². The van der Waals surface area contributed by atoms with Gasteiger partial charge in [-0.15, -0.1) is 0 Å². The van der Waals surface area contributed by atoms with Crippen LogP contribution in [-0.2, 0) is 13.6 Å². The molecule has 1 fully saturated rings. The van der Waals surface area contributed by atoms with Crippen LogP contribution in [0.3, 0.4) is 0 Å². The number of nitrogens with one attached hydrogen (secondary N) is 2. The Kier molecular flexibility index (Phi) is 5.92. The lowest BCUT2D eigenvalue weighted by Gasteiger charge is -2.27. The first-order chi connectivity index (χ1) is 14.6. The standard InChI is InChI=1S/C22H27N7O/c1-16-12-17(6-7-18(16)13-24-22(30)29-10-4-3-5-11-29)20-8-9-23-21(27-20)26-19-14-25-28(2)15-19/h6-9,12,14-15H,3-5,10-11,13H2,1-2H3,(H,24,30)(H,23,26,27). The van der Waals surface area contributed by atoms with Crippen LogP contribution in [0.1, 0.15) is 30.4 Å². The molecular formula is C22H27N7O. The van der Waals surface area contributed by atoms with Crippen LogP contribution in [0, 0.1) is 6.92 Å². The van der Waals surface area contributed by atoms with E-state index in [-0.39, 0.29) is 6.03 Å². The van der Waals surface area contributed by atoms with Gasteiger partial charge < -0.3 is 15.5 Å². The summed E-state index contributed by atoms with van der Waals surface area (Å²) in [6.07, 6.45) is 8.74. The molecule has 0 atom stereocenters. The number of carbonyl (C=O) groups is 1. The highest BCUT2D eigenvalue weighted by Crippen LogP contribution is 2.22. The molecule has 3 heterocycles. The largest absolute Gasteiger partial charge is 0.334 e. The maximum Gasteiger partial charge on any atom is 0.317 e. The molecule has 0 spiro atoms. The van der Waals surface area contributed by atoms with Crippen molar-refractivity contribution in [3.63, 3.8) is 0 Å². The molecule has 0 saturated carbocycles. The lowest BCUT2D eigenvalue weighted by molar-refractivity contribution is 0.186. The van der Waals surface area contributed by atoms with Gasteiger partial charge >= 0.3 is 6.03 Å². The number of aryl methyl sites for hydroxylation is 2. The minimum absolute atomic E-state index is 0.0279. The molecule has 2 N–H and O–H groups in total. The minimum atomic E-state index is 0.0279. The van der Waals surface area contributed by atoms with Crippen molar-refractivity contribution in [2.45, 2.75) is 32.7 Å². The second kappa shape index (κ2) is 8.94. The molecule has 2 aromatic heterocycles. The summed E-state index contributed by atoms with van der Waals surface area (Å²) in [7, 11) is 1.86. The Morgan fingerprint density at radius 2 is 2.00 bits per heavy atom. The van der Waals surface area contributed by atoms with Gasteiger partial charge in [-0.2, -0.15) is 5.10 Å². The molecule has 1 aliphatic rings. The first kappa shape index (κ1) is 19.9. The van der Waals surface area contributed by atoms with Crippen molar-refractivity contribution in [1.29, 1.82) is 0 Å². The van der Waals surface area contributed by atoms with E-state index < -0.39 is 0 Å². The molecule has 4 rings (SSSR count). The second-order valence-electron chi connectivity index (χ2n) is 7.64. The van der Waals surface area contributed by atoms with E-state index in [2.05, 4.69) is 44.8 Å². The highest BCUT2D eigenvalue weighted by atomic mass is 16.2. The summed E-state index contributed by atoms with van der Waals surface area (Å²) in [6.45, 7) is 4.29. The fraction of sp³-hybridized carbons (Fsp3) is 0.364. The molecule has 1 aliphatic heterocycles. The molecule has 8 heteroatoms. The van der Waals surface area contributed by atoms with Crippen molar-refractivity contribution < 1.29 is 4.79 Å². The predicted octanol–water partition coefficient (Wildman–Crippen LogP) is 3.62. The van der Waals surface area contributed by atoms with E-state index in [1.54, 1.807) is 17.1 Å². The third-order valence-corrected chi connectivity index (χ3v) is 5.33. The number of hydrogen-bond donors (Lipinski definition) is 2. The fourth-order valence-corrected chi connectivity index (χ4v) is 3.63. The highest BCUT2D eigenvalue weighted by Gasteiger charge is 2.16. The minimum Gasteiger partial charge on any atom is -0.334 e. The zero-order chi connectivity index (χ0) is 20.9. The maximum atomic E-state index is 12.3. The number of nitrogens with zero attached hydrogens (tertiary/aromatic N) is 5. The Labute approximate surface area is 176 Å². The van der Waals surface area contributed by atoms with E-state index in [1.165, 1.54) is 6.42 Å². The van der Waals surface area contributed by atoms with Crippen molar-refractivity contribution in [1.82, 2.24) is 30.0 Å². The van der Waals surface area contributed by atoms with Gasteiger partial charge in [-0.25, -0.2) is 14.8 Å². The average Bonchev–Trinajstić information content (AvgIpc) is 3.18. The molecular weight excluding hydrogens is 378 g/mol. The van der Waals surface area contributed by atoms with E-state index in [9.17, 15) is 4.79 Å². The van der Waals surface area contributed by atoms with Gasteiger partial charge in [0.2, 0.25) is 5.95 Å². The average molecular weight is 406 g/mol. The van der Waals surface area contributed by atoms with Gasteiger partial charge in [0.1, 0.15) is 0 Å². The summed E-state index contributed by atoms with van der Waals surface area (Å²) < 4.78 is 1.72. The van der Waals surface area contributed by atoms with Crippen LogP contribution in [0.15, 0.2) is 42.9 Å². The third kappa shape index (κ3) is 4.76. The summed E-state index contributed by atoms with van der Waals surface area (Å²) >= 11 is 0. The van der Waals surface area contributed by atoms with E-state index in [0.717, 1.165) is 54.0 Å². The zero-order valence-electron chi connectivity index (χ0n) is 17.4. The SMILES string of the molecule is Cc1cc(-c2ccnc(Nc3cnn(C)c3)n2)ccc1CNC(=O)N1CCCCC1. The third-order valence-electron chi connectivity index (χ3n) is 5.33. The van der Waals surface area contributed by atoms with E-state index in [0.29, 0.717) is 12.5 Å². The number of rotatable bonds is 5. The Morgan fingerprint density at radius 1 is 1.17 bits per heavy atom. The van der Waals surface area contributed by atoms with Crippen LogP contribution in [0.2, 0.25) is 0 Å². The van der Waals surface area contributed by atoms with Crippen molar-refractivity contribution in [2.75, 3.05) is 18.4 Å². The smallest absolute Gasteiger partial charge is 0.317 e. The quantitative estimate of drug-likeness (QED) is 0.677. The number of aromatic nitrogens is 4. The summed E-state index contributed by atoms with van der Waals surface area (Å²) in [5.41, 5.74) is 4.91. The molecule has 156 valence electrons. The number of urea groups is 1. The second-order valence-corrected chi connectivity index (χ2v) is 7.64. The molecule has 0 aliphatic carbocycles. The molecule has 0 unspecified atom stereocenters. The van der Waals surface area contributed by atoms with Gasteiger partial charge in [0.15, 0.2) is 0 Å². The van der Waals surface area contributed by atoms with Gasteiger partial charge in [-0.3, -0.25) is 4.68 Å². The topological polar surface area (TPSA) is 88.0 Å². The van der Waals surface area contributed by atoms with Crippen molar-refractivity contribution in [2.24, 2.45) is 7.05 Å². The number of anilines is 2. The van der Waals surface area contributed by atoms with Crippen molar-refractivity contribution in [3.8, 4) is 11.3 Å². The lowest BCUT2D eigenvalue weighted by atomic mass is 10.0. The first-order valence-electron chi connectivity index (χ1n) is 10.3. The van der Waals surface area contributed by atoms with Crippen LogP contribution < -0.4 is 10.6 Å². The molecule has 1 saturated heterocycles. The summed E-state index contributed by atoms with van der Waals surface area (Å²) in [5.74, 6) is 0.524. The molecule has 0 radical (unpaired) electrons.